The fourth-order valence-corrected chi connectivity index (χ4v) is 3.05. The van der Waals surface area contributed by atoms with Crippen LogP contribution in [0.2, 0.25) is 0 Å². The Morgan fingerprint density at radius 2 is 1.67 bits per heavy atom. The monoisotopic (exact) mass is 255 g/mol. The van der Waals surface area contributed by atoms with Crippen LogP contribution in [0.1, 0.15) is 66.2 Å². The third-order valence-corrected chi connectivity index (χ3v) is 3.86. The highest BCUT2D eigenvalue weighted by Gasteiger charge is 2.23. The van der Waals surface area contributed by atoms with Gasteiger partial charge in [0.2, 0.25) is 0 Å². The molecule has 0 amide bonds. The number of ether oxygens (including phenoxy) is 1. The summed E-state index contributed by atoms with van der Waals surface area (Å²) in [6.45, 7) is 11.2. The predicted octanol–water partition coefficient (Wildman–Crippen LogP) is 4.00. The molecule has 0 heterocycles. The van der Waals surface area contributed by atoms with Crippen molar-refractivity contribution in [2.45, 2.75) is 78.4 Å². The Morgan fingerprint density at radius 3 is 2.28 bits per heavy atom. The summed E-state index contributed by atoms with van der Waals surface area (Å²) in [4.78, 5) is 0. The first-order valence-electron chi connectivity index (χ1n) is 7.93. The van der Waals surface area contributed by atoms with Crippen molar-refractivity contribution in [3.8, 4) is 0 Å². The minimum absolute atomic E-state index is 0.539. The van der Waals surface area contributed by atoms with Crippen molar-refractivity contribution < 1.29 is 4.74 Å². The van der Waals surface area contributed by atoms with Gasteiger partial charge in [-0.1, -0.05) is 27.7 Å². The Balaban J connectivity index is 1.94. The van der Waals surface area contributed by atoms with Gasteiger partial charge in [0.15, 0.2) is 0 Å². The van der Waals surface area contributed by atoms with Gasteiger partial charge in [0.25, 0.3) is 0 Å². The van der Waals surface area contributed by atoms with Crippen molar-refractivity contribution in [1.82, 2.24) is 5.32 Å². The van der Waals surface area contributed by atoms with Gasteiger partial charge in [0, 0.05) is 12.6 Å². The molecule has 2 nitrogen and oxygen atoms in total. The van der Waals surface area contributed by atoms with E-state index in [2.05, 4.69) is 33.0 Å². The predicted molar refractivity (Wildman–Crippen MR) is 78.9 cm³/mol. The summed E-state index contributed by atoms with van der Waals surface area (Å²) < 4.78 is 6.03. The standard InChI is InChI=1S/C16H33NO/c1-13(2)17-8-6-5-7-9-18-16-11-14(3)10-15(4)12-16/h13-17H,5-12H2,1-4H3. The Labute approximate surface area is 114 Å². The summed E-state index contributed by atoms with van der Waals surface area (Å²) in [6, 6.07) is 0.617. The highest BCUT2D eigenvalue weighted by Crippen LogP contribution is 2.30. The minimum Gasteiger partial charge on any atom is -0.378 e. The summed E-state index contributed by atoms with van der Waals surface area (Å²) in [5.74, 6) is 1.71. The van der Waals surface area contributed by atoms with Crippen molar-refractivity contribution in [3.63, 3.8) is 0 Å². The van der Waals surface area contributed by atoms with Gasteiger partial charge in [-0.05, 0) is 56.9 Å². The van der Waals surface area contributed by atoms with Crippen molar-refractivity contribution in [1.29, 1.82) is 0 Å². The van der Waals surface area contributed by atoms with Gasteiger partial charge in [-0.25, -0.2) is 0 Å². The van der Waals surface area contributed by atoms with Crippen molar-refractivity contribution in [2.24, 2.45) is 11.8 Å². The van der Waals surface area contributed by atoms with E-state index in [-0.39, 0.29) is 0 Å². The number of unbranched alkanes of at least 4 members (excludes halogenated alkanes) is 2. The van der Waals surface area contributed by atoms with Gasteiger partial charge in [-0.15, -0.1) is 0 Å². The molecule has 1 aliphatic rings. The highest BCUT2D eigenvalue weighted by molar-refractivity contribution is 4.75. The van der Waals surface area contributed by atoms with Crippen LogP contribution in [0.25, 0.3) is 0 Å². The third-order valence-electron chi connectivity index (χ3n) is 3.86. The first-order chi connectivity index (χ1) is 8.58. The SMILES string of the molecule is CC1CC(C)CC(OCCCCCNC(C)C)C1. The maximum atomic E-state index is 6.03. The molecule has 2 unspecified atom stereocenters. The van der Waals surface area contributed by atoms with Gasteiger partial charge in [0.1, 0.15) is 0 Å². The topological polar surface area (TPSA) is 21.3 Å². The second-order valence-corrected chi connectivity index (χ2v) is 6.58. The van der Waals surface area contributed by atoms with E-state index in [1.54, 1.807) is 0 Å². The molecule has 18 heavy (non-hydrogen) atoms. The van der Waals surface area contributed by atoms with E-state index in [4.69, 9.17) is 4.74 Å². The lowest BCUT2D eigenvalue weighted by molar-refractivity contribution is -0.000580. The zero-order valence-electron chi connectivity index (χ0n) is 12.9. The molecule has 0 aromatic carbocycles. The Hall–Kier alpha value is -0.0800. The summed E-state index contributed by atoms with van der Waals surface area (Å²) in [7, 11) is 0. The number of hydrogen-bond donors (Lipinski definition) is 1. The molecular formula is C16H33NO. The van der Waals surface area contributed by atoms with Crippen LogP contribution >= 0.6 is 0 Å². The van der Waals surface area contributed by atoms with Crippen LogP contribution in [-0.4, -0.2) is 25.3 Å². The van der Waals surface area contributed by atoms with E-state index in [1.165, 1.54) is 38.5 Å². The Kier molecular flexibility index (Phi) is 7.92. The van der Waals surface area contributed by atoms with Crippen molar-refractivity contribution in [2.75, 3.05) is 13.2 Å². The smallest absolute Gasteiger partial charge is 0.0580 e. The van der Waals surface area contributed by atoms with E-state index in [1.807, 2.05) is 0 Å². The first kappa shape index (κ1) is 16.0. The lowest BCUT2D eigenvalue weighted by atomic mass is 9.82. The van der Waals surface area contributed by atoms with E-state index >= 15 is 0 Å². The second-order valence-electron chi connectivity index (χ2n) is 6.58. The Bertz CT molecular complexity index is 195. The molecule has 0 spiro atoms. The number of rotatable bonds is 8. The largest absolute Gasteiger partial charge is 0.378 e. The zero-order chi connectivity index (χ0) is 13.4. The third kappa shape index (κ3) is 7.38. The summed E-state index contributed by atoms with van der Waals surface area (Å²) in [6.07, 6.45) is 8.27. The van der Waals surface area contributed by atoms with Gasteiger partial charge in [-0.2, -0.15) is 0 Å². The summed E-state index contributed by atoms with van der Waals surface area (Å²) >= 11 is 0. The van der Waals surface area contributed by atoms with Crippen LogP contribution in [0.5, 0.6) is 0 Å². The number of nitrogens with one attached hydrogen (secondary N) is 1. The Morgan fingerprint density at radius 1 is 1.00 bits per heavy atom. The fourth-order valence-electron chi connectivity index (χ4n) is 3.05. The van der Waals surface area contributed by atoms with E-state index in [0.29, 0.717) is 12.1 Å². The molecule has 0 saturated heterocycles. The van der Waals surface area contributed by atoms with Crippen molar-refractivity contribution in [3.05, 3.63) is 0 Å². The van der Waals surface area contributed by atoms with Gasteiger partial charge in [-0.3, -0.25) is 0 Å². The molecule has 1 saturated carbocycles. The molecule has 0 radical (unpaired) electrons. The number of hydrogen-bond acceptors (Lipinski definition) is 2. The van der Waals surface area contributed by atoms with Crippen molar-refractivity contribution >= 4 is 0 Å². The summed E-state index contributed by atoms with van der Waals surface area (Å²) in [5.41, 5.74) is 0. The molecule has 108 valence electrons. The normalized spacial score (nSPS) is 28.8. The van der Waals surface area contributed by atoms with Crippen LogP contribution in [0.15, 0.2) is 0 Å². The molecule has 1 rings (SSSR count). The van der Waals surface area contributed by atoms with E-state index in [9.17, 15) is 0 Å². The van der Waals surface area contributed by atoms with Gasteiger partial charge >= 0.3 is 0 Å². The second kappa shape index (κ2) is 8.92. The molecular weight excluding hydrogens is 222 g/mol. The fraction of sp³-hybridized carbons (Fsp3) is 1.00. The molecule has 0 aromatic heterocycles. The average Bonchev–Trinajstić information content (AvgIpc) is 2.26. The lowest BCUT2D eigenvalue weighted by Gasteiger charge is -2.31. The van der Waals surface area contributed by atoms with Crippen LogP contribution in [-0.2, 0) is 4.74 Å². The summed E-state index contributed by atoms with van der Waals surface area (Å²) in [5, 5.41) is 3.46. The average molecular weight is 255 g/mol. The first-order valence-corrected chi connectivity index (χ1v) is 7.93. The zero-order valence-corrected chi connectivity index (χ0v) is 12.9. The lowest BCUT2D eigenvalue weighted by Crippen LogP contribution is -2.26. The molecule has 0 aliphatic heterocycles. The molecule has 0 bridgehead atoms. The molecule has 1 N–H and O–H groups in total. The van der Waals surface area contributed by atoms with Crippen LogP contribution in [0, 0.1) is 11.8 Å². The molecule has 2 atom stereocenters. The highest BCUT2D eigenvalue weighted by atomic mass is 16.5. The van der Waals surface area contributed by atoms with Crippen LogP contribution in [0.4, 0.5) is 0 Å². The van der Waals surface area contributed by atoms with E-state index in [0.717, 1.165) is 25.0 Å². The molecule has 1 fully saturated rings. The van der Waals surface area contributed by atoms with Crippen LogP contribution < -0.4 is 5.32 Å². The quantitative estimate of drug-likeness (QED) is 0.662. The van der Waals surface area contributed by atoms with E-state index < -0.39 is 0 Å². The van der Waals surface area contributed by atoms with Gasteiger partial charge < -0.3 is 10.1 Å². The molecule has 1 aliphatic carbocycles. The minimum atomic E-state index is 0.539. The molecule has 2 heteroatoms. The van der Waals surface area contributed by atoms with Crippen LogP contribution in [0.3, 0.4) is 0 Å². The van der Waals surface area contributed by atoms with Gasteiger partial charge in [0.05, 0.1) is 6.10 Å². The molecule has 0 aromatic rings. The maximum absolute atomic E-state index is 6.03. The maximum Gasteiger partial charge on any atom is 0.0580 e.